The van der Waals surface area contributed by atoms with Gasteiger partial charge in [-0.05, 0) is 19.9 Å². The molecule has 23 heavy (non-hydrogen) atoms. The van der Waals surface area contributed by atoms with Crippen molar-refractivity contribution in [3.63, 3.8) is 0 Å². The molecule has 0 saturated heterocycles. The first-order chi connectivity index (χ1) is 11.1. The average molecular weight is 311 g/mol. The quantitative estimate of drug-likeness (QED) is 0.456. The summed E-state index contributed by atoms with van der Waals surface area (Å²) in [5.41, 5.74) is 4.68. The van der Waals surface area contributed by atoms with Crippen molar-refractivity contribution in [1.82, 2.24) is 20.4 Å². The van der Waals surface area contributed by atoms with Crippen LogP contribution in [0.15, 0.2) is 18.2 Å². The summed E-state index contributed by atoms with van der Waals surface area (Å²) in [6.07, 6.45) is 0. The molecule has 0 amide bonds. The van der Waals surface area contributed by atoms with Crippen LogP contribution in [0.1, 0.15) is 34.0 Å². The molecule has 0 fully saturated rings. The highest BCUT2D eigenvalue weighted by Crippen LogP contribution is 2.49. The summed E-state index contributed by atoms with van der Waals surface area (Å²) in [6.45, 7) is 3.94. The summed E-state index contributed by atoms with van der Waals surface area (Å²) in [6, 6.07) is 5.52. The van der Waals surface area contributed by atoms with E-state index < -0.39 is 0 Å². The fraction of sp³-hybridized carbons (Fsp3) is 0.250. The molecule has 0 spiro atoms. The monoisotopic (exact) mass is 311 g/mol. The molecule has 7 heteroatoms. The van der Waals surface area contributed by atoms with Crippen molar-refractivity contribution in [2.75, 3.05) is 12.4 Å². The highest BCUT2D eigenvalue weighted by Gasteiger charge is 2.35. The highest BCUT2D eigenvalue weighted by molar-refractivity contribution is 5.73. The van der Waals surface area contributed by atoms with E-state index in [0.717, 1.165) is 39.7 Å². The second-order valence-corrected chi connectivity index (χ2v) is 5.68. The maximum absolute atomic E-state index is 10.6. The first-order valence-electron chi connectivity index (χ1n) is 7.34. The Hall–Kier alpha value is -2.96. The van der Waals surface area contributed by atoms with Gasteiger partial charge in [-0.15, -0.1) is 0 Å². The number of aromatic hydroxyl groups is 1. The van der Waals surface area contributed by atoms with Gasteiger partial charge < -0.3 is 15.2 Å². The number of aromatic amines is 2. The molecule has 7 nitrogen and oxygen atoms in total. The number of benzene rings is 1. The van der Waals surface area contributed by atoms with Crippen LogP contribution in [0, 0.1) is 13.8 Å². The van der Waals surface area contributed by atoms with E-state index >= 15 is 0 Å². The van der Waals surface area contributed by atoms with Gasteiger partial charge in [0.1, 0.15) is 0 Å². The maximum Gasteiger partial charge on any atom is 0.161 e. The second-order valence-electron chi connectivity index (χ2n) is 5.68. The van der Waals surface area contributed by atoms with Gasteiger partial charge in [0, 0.05) is 34.0 Å². The Bertz CT molecular complexity index is 850. The molecule has 1 aliphatic heterocycles. The maximum atomic E-state index is 10.6. The zero-order chi connectivity index (χ0) is 16.1. The minimum atomic E-state index is -0.172. The molecule has 2 aromatic heterocycles. The second kappa shape index (κ2) is 4.77. The molecule has 4 rings (SSSR count). The number of hydrogen-bond donors (Lipinski definition) is 4. The molecule has 0 bridgehead atoms. The van der Waals surface area contributed by atoms with Crippen molar-refractivity contribution in [1.29, 1.82) is 0 Å². The molecular weight excluding hydrogens is 294 g/mol. The third-order valence-corrected chi connectivity index (χ3v) is 4.36. The fourth-order valence-corrected chi connectivity index (χ4v) is 3.28. The molecule has 1 aromatic carbocycles. The summed E-state index contributed by atoms with van der Waals surface area (Å²) >= 11 is 0. The van der Waals surface area contributed by atoms with Crippen LogP contribution in [-0.4, -0.2) is 32.6 Å². The standard InChI is InChI=1S/C16H17N5O2/c1-7-11-13(9-5-4-6-10(23-3)14(9)22)12-8(2)19-21-16(12)17-15(11)20-18-7/h4-6,13,22H,1-3H3,(H3,17,18,19,20,21). The van der Waals surface area contributed by atoms with Crippen LogP contribution in [-0.2, 0) is 0 Å². The minimum absolute atomic E-state index is 0.139. The van der Waals surface area contributed by atoms with E-state index in [4.69, 9.17) is 4.74 Å². The Morgan fingerprint density at radius 1 is 1.04 bits per heavy atom. The van der Waals surface area contributed by atoms with Gasteiger partial charge >= 0.3 is 0 Å². The molecular formula is C16H17N5O2. The number of anilines is 2. The predicted octanol–water partition coefficient (Wildman–Crippen LogP) is 2.70. The Morgan fingerprint density at radius 2 is 1.65 bits per heavy atom. The summed E-state index contributed by atoms with van der Waals surface area (Å²) in [4.78, 5) is 0. The van der Waals surface area contributed by atoms with Crippen LogP contribution in [0.25, 0.3) is 0 Å². The Morgan fingerprint density at radius 3 is 2.22 bits per heavy atom. The number of nitrogens with zero attached hydrogens (tertiary/aromatic N) is 2. The number of ether oxygens (including phenoxy) is 1. The van der Waals surface area contributed by atoms with Gasteiger partial charge in [0.25, 0.3) is 0 Å². The lowest BCUT2D eigenvalue weighted by Crippen LogP contribution is -2.14. The molecule has 118 valence electrons. The summed E-state index contributed by atoms with van der Waals surface area (Å²) in [7, 11) is 1.55. The molecule has 0 radical (unpaired) electrons. The topological polar surface area (TPSA) is 98.9 Å². The molecule has 0 unspecified atom stereocenters. The SMILES string of the molecule is COc1cccc(C2c3c(n[nH]c3C)Nc3n[nH]c(C)c32)c1O. The molecule has 1 aliphatic rings. The van der Waals surface area contributed by atoms with Crippen molar-refractivity contribution >= 4 is 11.6 Å². The average Bonchev–Trinajstić information content (AvgIpc) is 3.10. The van der Waals surface area contributed by atoms with Crippen molar-refractivity contribution in [2.24, 2.45) is 0 Å². The van der Waals surface area contributed by atoms with Gasteiger partial charge in [-0.25, -0.2) is 0 Å². The number of aryl methyl sites for hydroxylation is 2. The molecule has 3 aromatic rings. The van der Waals surface area contributed by atoms with Crippen molar-refractivity contribution < 1.29 is 9.84 Å². The molecule has 0 atom stereocenters. The third kappa shape index (κ3) is 1.82. The summed E-state index contributed by atoms with van der Waals surface area (Å²) in [5.74, 6) is 1.88. The van der Waals surface area contributed by atoms with E-state index in [1.165, 1.54) is 0 Å². The van der Waals surface area contributed by atoms with Crippen LogP contribution < -0.4 is 10.1 Å². The van der Waals surface area contributed by atoms with Gasteiger partial charge in [0.05, 0.1) is 7.11 Å². The van der Waals surface area contributed by atoms with Crippen molar-refractivity contribution in [3.8, 4) is 11.5 Å². The first-order valence-corrected chi connectivity index (χ1v) is 7.34. The van der Waals surface area contributed by atoms with E-state index in [9.17, 15) is 5.11 Å². The zero-order valence-corrected chi connectivity index (χ0v) is 13.1. The third-order valence-electron chi connectivity index (χ3n) is 4.36. The lowest BCUT2D eigenvalue weighted by molar-refractivity contribution is 0.370. The van der Waals surface area contributed by atoms with Crippen LogP contribution in [0.4, 0.5) is 11.6 Å². The number of para-hydroxylation sites is 1. The Balaban J connectivity index is 2.01. The van der Waals surface area contributed by atoms with Crippen LogP contribution in [0.2, 0.25) is 0 Å². The number of phenols is 1. The van der Waals surface area contributed by atoms with Gasteiger partial charge in [0.15, 0.2) is 23.1 Å². The van der Waals surface area contributed by atoms with Crippen molar-refractivity contribution in [3.05, 3.63) is 46.3 Å². The van der Waals surface area contributed by atoms with Crippen molar-refractivity contribution in [2.45, 2.75) is 19.8 Å². The predicted molar refractivity (Wildman–Crippen MR) is 85.5 cm³/mol. The number of rotatable bonds is 2. The number of fused-ring (bicyclic) bond motifs is 2. The smallest absolute Gasteiger partial charge is 0.161 e. The van der Waals surface area contributed by atoms with Crippen LogP contribution in [0.5, 0.6) is 11.5 Å². The van der Waals surface area contributed by atoms with Gasteiger partial charge in [-0.3, -0.25) is 10.2 Å². The molecule has 4 N–H and O–H groups in total. The fourth-order valence-electron chi connectivity index (χ4n) is 3.28. The van der Waals surface area contributed by atoms with Crippen LogP contribution in [0.3, 0.4) is 0 Å². The van der Waals surface area contributed by atoms with E-state index in [-0.39, 0.29) is 11.7 Å². The molecule has 0 saturated carbocycles. The molecule has 0 aliphatic carbocycles. The zero-order valence-electron chi connectivity index (χ0n) is 13.1. The number of methoxy groups -OCH3 is 1. The summed E-state index contributed by atoms with van der Waals surface area (Å²) < 4.78 is 5.26. The lowest BCUT2D eigenvalue weighted by Gasteiger charge is -2.25. The van der Waals surface area contributed by atoms with E-state index in [1.54, 1.807) is 13.2 Å². The van der Waals surface area contributed by atoms with Gasteiger partial charge in [-0.2, -0.15) is 10.2 Å². The largest absolute Gasteiger partial charge is 0.504 e. The van der Waals surface area contributed by atoms with Gasteiger partial charge in [-0.1, -0.05) is 12.1 Å². The Kier molecular flexibility index (Phi) is 2.84. The van der Waals surface area contributed by atoms with E-state index in [2.05, 4.69) is 25.7 Å². The van der Waals surface area contributed by atoms with E-state index in [1.807, 2.05) is 26.0 Å². The molecule has 3 heterocycles. The number of nitrogens with one attached hydrogen (secondary N) is 3. The lowest BCUT2D eigenvalue weighted by atomic mass is 9.82. The van der Waals surface area contributed by atoms with E-state index in [0.29, 0.717) is 5.75 Å². The number of phenolic OH excluding ortho intramolecular Hbond substituents is 1. The number of hydrogen-bond acceptors (Lipinski definition) is 5. The minimum Gasteiger partial charge on any atom is -0.504 e. The normalized spacial score (nSPS) is 13.3. The number of aromatic nitrogens is 4. The first kappa shape index (κ1) is 13.7. The van der Waals surface area contributed by atoms with Gasteiger partial charge in [0.2, 0.25) is 0 Å². The highest BCUT2D eigenvalue weighted by atomic mass is 16.5. The van der Waals surface area contributed by atoms with Crippen LogP contribution >= 0.6 is 0 Å². The number of H-pyrrole nitrogens is 2. The Labute approximate surface area is 132 Å². The summed E-state index contributed by atoms with van der Waals surface area (Å²) in [5, 5.41) is 28.5.